The number of hydrogen-bond acceptors (Lipinski definition) is 8. The van der Waals surface area contributed by atoms with E-state index in [1.165, 1.54) is 9.08 Å². The zero-order chi connectivity index (χ0) is 28.5. The molecule has 0 radical (unpaired) electrons. The van der Waals surface area contributed by atoms with E-state index in [9.17, 15) is 9.59 Å². The lowest BCUT2D eigenvalue weighted by Crippen LogP contribution is -2.37. The van der Waals surface area contributed by atoms with Gasteiger partial charge >= 0.3 is 5.69 Å². The molecule has 5 heterocycles. The number of aryl methyl sites for hydroxylation is 2. The number of nitrogens with one attached hydrogen (secondary N) is 1. The van der Waals surface area contributed by atoms with E-state index in [4.69, 9.17) is 10.8 Å². The lowest BCUT2D eigenvalue weighted by atomic mass is 9.99. The zero-order valence-corrected chi connectivity index (χ0v) is 23.0. The number of fused-ring (bicyclic) bond motifs is 1. The molecule has 41 heavy (non-hydrogen) atoms. The number of nitrogens with two attached hydrogens (primary N) is 1. The second kappa shape index (κ2) is 10.9. The van der Waals surface area contributed by atoms with E-state index in [0.717, 1.165) is 34.5 Å². The number of nitrogens with zero attached hydrogens (tertiary/aromatic N) is 7. The molecule has 1 fully saturated rings. The van der Waals surface area contributed by atoms with E-state index in [2.05, 4.69) is 20.3 Å². The maximum atomic E-state index is 13.5. The maximum Gasteiger partial charge on any atom is 0.353 e. The van der Waals surface area contributed by atoms with Gasteiger partial charge in [-0.2, -0.15) is 0 Å². The first kappa shape index (κ1) is 26.3. The molecule has 4 aromatic heterocycles. The van der Waals surface area contributed by atoms with Crippen molar-refractivity contribution in [3.63, 3.8) is 0 Å². The monoisotopic (exact) mass is 549 g/mol. The Kier molecular flexibility index (Phi) is 7.02. The first-order valence-electron chi connectivity index (χ1n) is 13.6. The minimum absolute atomic E-state index is 0.0229. The Bertz CT molecular complexity index is 1760. The molecule has 11 nitrogen and oxygen atoms in total. The highest BCUT2D eigenvalue weighted by Crippen LogP contribution is 2.34. The number of carbonyl (C=O) groups is 1. The van der Waals surface area contributed by atoms with Crippen LogP contribution in [0.4, 0.5) is 5.95 Å². The van der Waals surface area contributed by atoms with E-state index in [0.29, 0.717) is 43.1 Å². The lowest BCUT2D eigenvalue weighted by molar-refractivity contribution is 0.0789. The fourth-order valence-electron chi connectivity index (χ4n) is 5.46. The largest absolute Gasteiger partial charge is 0.369 e. The van der Waals surface area contributed by atoms with Crippen molar-refractivity contribution in [1.82, 2.24) is 39.3 Å². The normalized spacial score (nSPS) is 15.1. The summed E-state index contributed by atoms with van der Waals surface area (Å²) >= 11 is 0. The van der Waals surface area contributed by atoms with Gasteiger partial charge in [0.15, 0.2) is 5.65 Å². The molecule has 1 aliphatic rings. The summed E-state index contributed by atoms with van der Waals surface area (Å²) in [7, 11) is 0. The van der Waals surface area contributed by atoms with Crippen LogP contribution in [0.3, 0.4) is 0 Å². The zero-order valence-electron chi connectivity index (χ0n) is 23.0. The number of amides is 1. The van der Waals surface area contributed by atoms with Gasteiger partial charge in [0.05, 0.1) is 23.4 Å². The summed E-state index contributed by atoms with van der Waals surface area (Å²) in [5.41, 5.74) is 11.9. The molecule has 1 aromatic carbocycles. The third-order valence-corrected chi connectivity index (χ3v) is 7.31. The molecule has 6 rings (SSSR count). The van der Waals surface area contributed by atoms with E-state index in [-0.39, 0.29) is 23.6 Å². The summed E-state index contributed by atoms with van der Waals surface area (Å²) in [5, 5.41) is 8.23. The third kappa shape index (κ3) is 5.19. The van der Waals surface area contributed by atoms with Crippen LogP contribution in [0.5, 0.6) is 0 Å². The average molecular weight is 550 g/mol. The number of aromatic nitrogens is 6. The molecule has 11 heteroatoms. The van der Waals surface area contributed by atoms with Gasteiger partial charge in [-0.05, 0) is 50.1 Å². The standard InChI is InChI=1S/C30H31N9O2/c1-19-15-23(16-20(2)34-19)25-26(21-7-4-3-5-8-21)35-29(31)39-27(25)36-38(30(39)41)14-12-33-24-10-13-37(18-24)28(40)22-9-6-11-32-17-22/h3-9,11,15-17,24,33H,10,12-14,18H2,1-2H3,(H2,31,35). The van der Waals surface area contributed by atoms with Crippen molar-refractivity contribution < 1.29 is 4.79 Å². The molecule has 1 atom stereocenters. The van der Waals surface area contributed by atoms with Gasteiger partial charge in [-0.3, -0.25) is 14.8 Å². The van der Waals surface area contributed by atoms with Crippen LogP contribution >= 0.6 is 0 Å². The van der Waals surface area contributed by atoms with Crippen molar-refractivity contribution in [2.24, 2.45) is 0 Å². The number of rotatable bonds is 7. The quantitative estimate of drug-likeness (QED) is 0.316. The molecule has 208 valence electrons. The van der Waals surface area contributed by atoms with Gasteiger partial charge in [0.1, 0.15) is 0 Å². The molecule has 5 aromatic rings. The van der Waals surface area contributed by atoms with Crippen LogP contribution in [0, 0.1) is 13.8 Å². The fourth-order valence-corrected chi connectivity index (χ4v) is 5.46. The molecule has 1 saturated heterocycles. The molecule has 0 aliphatic carbocycles. The molecular formula is C30H31N9O2. The van der Waals surface area contributed by atoms with Crippen LogP contribution in [0.15, 0.2) is 71.8 Å². The number of hydrogen-bond donors (Lipinski definition) is 2. The number of benzene rings is 1. The number of anilines is 1. The van der Waals surface area contributed by atoms with Gasteiger partial charge in [-0.1, -0.05) is 30.3 Å². The number of carbonyl (C=O) groups excluding carboxylic acids is 1. The Morgan fingerprint density at radius 1 is 1.05 bits per heavy atom. The fraction of sp³-hybridized carbons (Fsp3) is 0.267. The van der Waals surface area contributed by atoms with E-state index in [1.807, 2.05) is 61.2 Å². The minimum Gasteiger partial charge on any atom is -0.369 e. The summed E-state index contributed by atoms with van der Waals surface area (Å²) in [5.74, 6) is 0.0555. The Labute approximate surface area is 236 Å². The van der Waals surface area contributed by atoms with E-state index >= 15 is 0 Å². The maximum absolute atomic E-state index is 13.5. The van der Waals surface area contributed by atoms with Crippen molar-refractivity contribution >= 4 is 17.5 Å². The number of nitrogen functional groups attached to an aromatic ring is 1. The van der Waals surface area contributed by atoms with E-state index < -0.39 is 0 Å². The Balaban J connectivity index is 1.28. The van der Waals surface area contributed by atoms with Gasteiger partial charge < -0.3 is 16.0 Å². The Morgan fingerprint density at radius 3 is 2.56 bits per heavy atom. The van der Waals surface area contributed by atoms with Crippen LogP contribution in [-0.2, 0) is 6.54 Å². The van der Waals surface area contributed by atoms with Crippen molar-refractivity contribution in [2.75, 3.05) is 25.4 Å². The highest BCUT2D eigenvalue weighted by molar-refractivity contribution is 5.94. The van der Waals surface area contributed by atoms with Crippen LogP contribution in [0.25, 0.3) is 28.0 Å². The molecule has 1 unspecified atom stereocenters. The average Bonchev–Trinajstić information content (AvgIpc) is 3.58. The molecule has 0 spiro atoms. The van der Waals surface area contributed by atoms with Crippen molar-refractivity contribution in [1.29, 1.82) is 0 Å². The van der Waals surface area contributed by atoms with Gasteiger partial charge in [-0.15, -0.1) is 5.10 Å². The molecule has 1 aliphatic heterocycles. The second-order valence-electron chi connectivity index (χ2n) is 10.3. The highest BCUT2D eigenvalue weighted by Gasteiger charge is 2.27. The van der Waals surface area contributed by atoms with Gasteiger partial charge in [0, 0.05) is 55.0 Å². The second-order valence-corrected chi connectivity index (χ2v) is 10.3. The van der Waals surface area contributed by atoms with Crippen LogP contribution in [0.2, 0.25) is 0 Å². The van der Waals surface area contributed by atoms with Crippen molar-refractivity contribution in [3.8, 4) is 22.4 Å². The summed E-state index contributed by atoms with van der Waals surface area (Å²) in [4.78, 5) is 41.3. The smallest absolute Gasteiger partial charge is 0.353 e. The van der Waals surface area contributed by atoms with Crippen LogP contribution in [0.1, 0.15) is 28.2 Å². The first-order valence-corrected chi connectivity index (χ1v) is 13.6. The number of likely N-dealkylation sites (tertiary alicyclic amines) is 1. The van der Waals surface area contributed by atoms with Crippen molar-refractivity contribution in [2.45, 2.75) is 32.9 Å². The highest BCUT2D eigenvalue weighted by atomic mass is 16.2. The summed E-state index contributed by atoms with van der Waals surface area (Å²) < 4.78 is 2.80. The van der Waals surface area contributed by atoms with Gasteiger partial charge in [0.25, 0.3) is 5.91 Å². The molecule has 0 bridgehead atoms. The summed E-state index contributed by atoms with van der Waals surface area (Å²) in [6.07, 6.45) is 4.07. The van der Waals surface area contributed by atoms with E-state index in [1.54, 1.807) is 24.5 Å². The van der Waals surface area contributed by atoms with Gasteiger partial charge in [-0.25, -0.2) is 18.9 Å². The predicted octanol–water partition coefficient (Wildman–Crippen LogP) is 2.72. The first-order chi connectivity index (χ1) is 19.9. The van der Waals surface area contributed by atoms with Gasteiger partial charge in [0.2, 0.25) is 5.95 Å². The SMILES string of the molecule is Cc1cc(-c2c(-c3ccccc3)nc(N)n3c(=O)n(CCNC4CCN(C(=O)c5cccnc5)C4)nc23)cc(C)n1. The Hall–Kier alpha value is -4.90. The van der Waals surface area contributed by atoms with Crippen molar-refractivity contribution in [3.05, 3.63) is 94.4 Å². The topological polar surface area (TPSA) is 136 Å². The molecular weight excluding hydrogens is 518 g/mol. The molecule has 1 amide bonds. The molecule has 3 N–H and O–H groups in total. The predicted molar refractivity (Wildman–Crippen MR) is 156 cm³/mol. The van der Waals surface area contributed by atoms with Crippen LogP contribution in [-0.4, -0.2) is 65.6 Å². The van der Waals surface area contributed by atoms with Crippen LogP contribution < -0.4 is 16.7 Å². The lowest BCUT2D eigenvalue weighted by Gasteiger charge is -2.17. The number of pyridine rings is 2. The minimum atomic E-state index is -0.352. The summed E-state index contributed by atoms with van der Waals surface area (Å²) in [6, 6.07) is 17.3. The summed E-state index contributed by atoms with van der Waals surface area (Å²) in [6.45, 7) is 5.97. The molecule has 0 saturated carbocycles. The third-order valence-electron chi connectivity index (χ3n) is 7.31. The Morgan fingerprint density at radius 2 is 1.83 bits per heavy atom.